The minimum atomic E-state index is -0.975. The number of ether oxygens (including phenoxy) is 2. The van der Waals surface area contributed by atoms with Gasteiger partial charge in [0, 0.05) is 19.2 Å². The quantitative estimate of drug-likeness (QED) is 0.803. The van der Waals surface area contributed by atoms with E-state index in [0.29, 0.717) is 38.1 Å². The third-order valence-electron chi connectivity index (χ3n) is 5.41. The zero-order chi connectivity index (χ0) is 20.9. The van der Waals surface area contributed by atoms with Gasteiger partial charge < -0.3 is 19.5 Å². The Hall–Kier alpha value is -2.60. The fourth-order valence-electron chi connectivity index (χ4n) is 3.39. The van der Waals surface area contributed by atoms with E-state index in [9.17, 15) is 14.3 Å². The van der Waals surface area contributed by atoms with E-state index in [-0.39, 0.29) is 19.1 Å². The second-order valence-electron chi connectivity index (χ2n) is 7.74. The maximum Gasteiger partial charge on any atom is 0.260 e. The van der Waals surface area contributed by atoms with Crippen LogP contribution in [0.4, 0.5) is 4.39 Å². The Bertz CT molecular complexity index is 857. The molecule has 0 aromatic heterocycles. The zero-order valence-electron chi connectivity index (χ0n) is 17.0. The third kappa shape index (κ3) is 5.94. The minimum Gasteiger partial charge on any atom is -0.491 e. The molecule has 5 nitrogen and oxygen atoms in total. The Balaban J connectivity index is 1.50. The van der Waals surface area contributed by atoms with Crippen LogP contribution in [-0.4, -0.2) is 47.8 Å². The van der Waals surface area contributed by atoms with Crippen molar-refractivity contribution in [3.05, 3.63) is 59.4 Å². The molecule has 0 bridgehead atoms. The van der Waals surface area contributed by atoms with Gasteiger partial charge in [-0.25, -0.2) is 4.39 Å². The molecule has 3 rings (SSSR count). The molecule has 1 saturated heterocycles. The van der Waals surface area contributed by atoms with Gasteiger partial charge in [0.1, 0.15) is 29.5 Å². The van der Waals surface area contributed by atoms with Crippen LogP contribution in [0.5, 0.6) is 11.5 Å². The van der Waals surface area contributed by atoms with Crippen molar-refractivity contribution in [3.63, 3.8) is 0 Å². The summed E-state index contributed by atoms with van der Waals surface area (Å²) in [6, 6.07) is 11.6. The van der Waals surface area contributed by atoms with Gasteiger partial charge in [0.2, 0.25) is 0 Å². The second kappa shape index (κ2) is 9.27. The fourth-order valence-corrected chi connectivity index (χ4v) is 3.39. The van der Waals surface area contributed by atoms with Crippen LogP contribution in [0.15, 0.2) is 42.5 Å². The van der Waals surface area contributed by atoms with Gasteiger partial charge in [-0.1, -0.05) is 12.1 Å². The summed E-state index contributed by atoms with van der Waals surface area (Å²) in [5.74, 6) is 0.487. The number of nitrogens with zero attached hydrogens (tertiary/aromatic N) is 1. The molecule has 156 valence electrons. The van der Waals surface area contributed by atoms with E-state index in [1.165, 1.54) is 23.8 Å². The van der Waals surface area contributed by atoms with E-state index < -0.39 is 11.4 Å². The van der Waals surface area contributed by atoms with Gasteiger partial charge in [0.05, 0.1) is 0 Å². The number of likely N-dealkylation sites (tertiary alicyclic amines) is 1. The Morgan fingerprint density at radius 3 is 2.62 bits per heavy atom. The van der Waals surface area contributed by atoms with Crippen LogP contribution in [0, 0.1) is 19.7 Å². The zero-order valence-corrected chi connectivity index (χ0v) is 17.0. The number of carbonyl (C=O) groups excluding carboxylic acids is 1. The van der Waals surface area contributed by atoms with Crippen molar-refractivity contribution in [2.75, 3.05) is 26.3 Å². The second-order valence-corrected chi connectivity index (χ2v) is 7.74. The highest BCUT2D eigenvalue weighted by atomic mass is 19.1. The lowest BCUT2D eigenvalue weighted by molar-refractivity contribution is -0.133. The van der Waals surface area contributed by atoms with Gasteiger partial charge in [-0.3, -0.25) is 4.79 Å². The highest BCUT2D eigenvalue weighted by Gasteiger charge is 2.32. The van der Waals surface area contributed by atoms with Crippen molar-refractivity contribution in [3.8, 4) is 11.5 Å². The molecule has 0 spiro atoms. The predicted octanol–water partition coefficient (Wildman–Crippen LogP) is 3.64. The van der Waals surface area contributed by atoms with Crippen LogP contribution in [-0.2, 0) is 4.79 Å². The number of rotatable bonds is 6. The van der Waals surface area contributed by atoms with Crippen LogP contribution in [0.3, 0.4) is 0 Å². The number of aryl methyl sites for hydroxylation is 2. The highest BCUT2D eigenvalue weighted by molar-refractivity contribution is 5.77. The summed E-state index contributed by atoms with van der Waals surface area (Å²) in [4.78, 5) is 14.2. The fraction of sp³-hybridized carbons (Fsp3) is 0.435. The number of amides is 1. The van der Waals surface area contributed by atoms with Gasteiger partial charge in [-0.05, 0) is 68.5 Å². The average molecular weight is 401 g/mol. The highest BCUT2D eigenvalue weighted by Crippen LogP contribution is 2.25. The summed E-state index contributed by atoms with van der Waals surface area (Å²) in [5, 5.41) is 10.9. The van der Waals surface area contributed by atoms with E-state index >= 15 is 0 Å². The van der Waals surface area contributed by atoms with Crippen LogP contribution in [0.1, 0.15) is 30.4 Å². The van der Waals surface area contributed by atoms with E-state index in [1.54, 1.807) is 11.0 Å². The maximum atomic E-state index is 13.2. The molecule has 1 atom stereocenters. The van der Waals surface area contributed by atoms with Crippen LogP contribution < -0.4 is 9.47 Å². The average Bonchev–Trinajstić information content (AvgIpc) is 2.89. The van der Waals surface area contributed by atoms with Crippen LogP contribution in [0.25, 0.3) is 0 Å². The van der Waals surface area contributed by atoms with Crippen molar-refractivity contribution < 1.29 is 23.8 Å². The number of hydrogen-bond donors (Lipinski definition) is 1. The normalized spacial score (nSPS) is 19.5. The van der Waals surface area contributed by atoms with Gasteiger partial charge in [0.15, 0.2) is 6.61 Å². The molecule has 1 heterocycles. The minimum absolute atomic E-state index is 0.152. The molecular formula is C23H28FNO4. The molecule has 0 radical (unpaired) electrons. The van der Waals surface area contributed by atoms with Crippen molar-refractivity contribution in [1.29, 1.82) is 0 Å². The monoisotopic (exact) mass is 401 g/mol. The standard InChI is InChI=1S/C23H28FNO4/c1-17-7-8-21(13-18(17)2)29-16-23(27)9-4-11-25(12-10-23)22(26)15-28-20-6-3-5-19(24)14-20/h3,5-8,13-14,27H,4,9-12,15-16H2,1-2H3. The molecule has 1 unspecified atom stereocenters. The van der Waals surface area contributed by atoms with Crippen LogP contribution in [0.2, 0.25) is 0 Å². The maximum absolute atomic E-state index is 13.2. The van der Waals surface area contributed by atoms with E-state index in [0.717, 1.165) is 11.3 Å². The van der Waals surface area contributed by atoms with E-state index in [4.69, 9.17) is 9.47 Å². The van der Waals surface area contributed by atoms with Gasteiger partial charge >= 0.3 is 0 Å². The molecule has 1 aliphatic rings. The Kier molecular flexibility index (Phi) is 6.75. The van der Waals surface area contributed by atoms with Gasteiger partial charge in [-0.2, -0.15) is 0 Å². The number of hydrogen-bond acceptors (Lipinski definition) is 4. The first-order valence-electron chi connectivity index (χ1n) is 9.93. The summed E-state index contributed by atoms with van der Waals surface area (Å²) < 4.78 is 24.4. The molecule has 1 amide bonds. The number of aliphatic hydroxyl groups is 1. The van der Waals surface area contributed by atoms with E-state index in [2.05, 4.69) is 0 Å². The lowest BCUT2D eigenvalue weighted by atomic mass is 9.96. The molecule has 1 N–H and O–H groups in total. The Morgan fingerprint density at radius 1 is 1.07 bits per heavy atom. The lowest BCUT2D eigenvalue weighted by Crippen LogP contribution is -2.39. The van der Waals surface area contributed by atoms with Gasteiger partial charge in [-0.15, -0.1) is 0 Å². The molecule has 0 saturated carbocycles. The lowest BCUT2D eigenvalue weighted by Gasteiger charge is -2.27. The number of benzene rings is 2. The molecule has 1 aliphatic heterocycles. The first kappa shape index (κ1) is 21.1. The molecular weight excluding hydrogens is 373 g/mol. The molecule has 1 fully saturated rings. The predicted molar refractivity (Wildman–Crippen MR) is 109 cm³/mol. The smallest absolute Gasteiger partial charge is 0.260 e. The molecule has 29 heavy (non-hydrogen) atoms. The number of halogens is 1. The molecule has 6 heteroatoms. The Morgan fingerprint density at radius 2 is 1.86 bits per heavy atom. The summed E-state index contributed by atoms with van der Waals surface area (Å²) in [5.41, 5.74) is 1.36. The van der Waals surface area contributed by atoms with Crippen molar-refractivity contribution in [2.45, 2.75) is 38.7 Å². The summed E-state index contributed by atoms with van der Waals surface area (Å²) in [6.07, 6.45) is 1.68. The largest absolute Gasteiger partial charge is 0.491 e. The SMILES string of the molecule is Cc1ccc(OCC2(O)CCCN(C(=O)COc3cccc(F)c3)CC2)cc1C. The van der Waals surface area contributed by atoms with Gasteiger partial charge in [0.25, 0.3) is 5.91 Å². The third-order valence-corrected chi connectivity index (χ3v) is 5.41. The van der Waals surface area contributed by atoms with Crippen molar-refractivity contribution >= 4 is 5.91 Å². The summed E-state index contributed by atoms with van der Waals surface area (Å²) >= 11 is 0. The molecule has 0 aliphatic carbocycles. The molecule has 2 aromatic carbocycles. The number of carbonyl (C=O) groups is 1. The Labute approximate surface area is 171 Å². The van der Waals surface area contributed by atoms with Crippen molar-refractivity contribution in [2.24, 2.45) is 0 Å². The summed E-state index contributed by atoms with van der Waals surface area (Å²) in [7, 11) is 0. The topological polar surface area (TPSA) is 59.0 Å². The van der Waals surface area contributed by atoms with E-state index in [1.807, 2.05) is 32.0 Å². The molecule has 2 aromatic rings. The van der Waals surface area contributed by atoms with Crippen molar-refractivity contribution in [1.82, 2.24) is 4.90 Å². The van der Waals surface area contributed by atoms with Crippen LogP contribution >= 0.6 is 0 Å². The first-order chi connectivity index (χ1) is 13.8. The first-order valence-corrected chi connectivity index (χ1v) is 9.93. The summed E-state index contributed by atoms with van der Waals surface area (Å²) in [6.45, 7) is 5.09.